The molecule has 0 atom stereocenters. The van der Waals surface area contributed by atoms with Gasteiger partial charge in [-0.1, -0.05) is 42.2 Å². The number of hydrogen-bond acceptors (Lipinski definition) is 7. The molecule has 3 aromatic rings. The number of anilines is 1. The van der Waals surface area contributed by atoms with Crippen molar-refractivity contribution in [3.63, 3.8) is 0 Å². The third-order valence-corrected chi connectivity index (χ3v) is 5.67. The number of benzene rings is 2. The maximum Gasteiger partial charge on any atom is 0.270 e. The molecule has 1 saturated heterocycles. The molecule has 4 rings (SSSR count). The Balaban J connectivity index is 1.65. The van der Waals surface area contributed by atoms with Gasteiger partial charge in [-0.05, 0) is 30.3 Å². The lowest BCUT2D eigenvalue weighted by atomic mass is 10.1. The number of methoxy groups -OCH3 is 1. The zero-order chi connectivity index (χ0) is 21.3. The Kier molecular flexibility index (Phi) is 5.39. The smallest absolute Gasteiger partial charge is 0.270 e. The maximum absolute atomic E-state index is 12.8. The molecule has 1 aliphatic rings. The number of nitrogens with zero attached hydrogens (tertiary/aromatic N) is 2. The summed E-state index contributed by atoms with van der Waals surface area (Å²) in [4.78, 5) is 25.3. The fourth-order valence-corrected chi connectivity index (χ4v) is 4.25. The summed E-state index contributed by atoms with van der Waals surface area (Å²) in [6.07, 6.45) is 1.61. The van der Waals surface area contributed by atoms with Crippen molar-refractivity contribution in [3.05, 3.63) is 81.4 Å². The number of nitro benzene ring substituents is 1. The van der Waals surface area contributed by atoms with E-state index in [0.29, 0.717) is 37.7 Å². The van der Waals surface area contributed by atoms with Gasteiger partial charge in [-0.3, -0.25) is 19.8 Å². The number of hydrogen-bond donors (Lipinski definition) is 0. The van der Waals surface area contributed by atoms with Gasteiger partial charge in [0, 0.05) is 18.2 Å². The molecule has 0 N–H and O–H groups in total. The SMILES string of the molecule is COc1ccc([N+](=O)[O-])cc1-c1ccc(/C=C2/SC(=S)N(c3ccccc3)C2=O)o1. The van der Waals surface area contributed by atoms with Crippen LogP contribution < -0.4 is 9.64 Å². The van der Waals surface area contributed by atoms with Crippen LogP contribution in [0.1, 0.15) is 5.76 Å². The van der Waals surface area contributed by atoms with E-state index in [4.69, 9.17) is 21.4 Å². The van der Waals surface area contributed by atoms with Gasteiger partial charge in [0.2, 0.25) is 0 Å². The number of para-hydroxylation sites is 1. The highest BCUT2D eigenvalue weighted by Crippen LogP contribution is 2.38. The zero-order valence-electron chi connectivity index (χ0n) is 15.6. The number of carbonyl (C=O) groups is 1. The van der Waals surface area contributed by atoms with E-state index >= 15 is 0 Å². The topological polar surface area (TPSA) is 85.8 Å². The number of furan rings is 1. The number of non-ortho nitro benzene ring substituents is 1. The average Bonchev–Trinajstić information content (AvgIpc) is 3.32. The summed E-state index contributed by atoms with van der Waals surface area (Å²) < 4.78 is 11.6. The van der Waals surface area contributed by atoms with Crippen molar-refractivity contribution >= 4 is 51.7 Å². The van der Waals surface area contributed by atoms with Gasteiger partial charge >= 0.3 is 0 Å². The fraction of sp³-hybridized carbons (Fsp3) is 0.0476. The molecule has 7 nitrogen and oxygen atoms in total. The Labute approximate surface area is 181 Å². The molecule has 0 saturated carbocycles. The number of thiocarbonyl (C=S) groups is 1. The van der Waals surface area contributed by atoms with E-state index in [1.165, 1.54) is 42.0 Å². The monoisotopic (exact) mass is 438 g/mol. The first-order valence-electron chi connectivity index (χ1n) is 8.73. The lowest BCUT2D eigenvalue weighted by Crippen LogP contribution is -2.27. The van der Waals surface area contributed by atoms with Crippen molar-refractivity contribution in [2.24, 2.45) is 0 Å². The molecule has 2 heterocycles. The first-order valence-corrected chi connectivity index (χ1v) is 9.96. The van der Waals surface area contributed by atoms with Gasteiger partial charge in [-0.2, -0.15) is 0 Å². The molecule has 2 aromatic carbocycles. The maximum atomic E-state index is 12.8. The molecule has 9 heteroatoms. The molecule has 1 fully saturated rings. The standard InChI is InChI=1S/C21H14N2O5S2/c1-27-17-9-7-14(23(25)26)11-16(17)18-10-8-15(28-18)12-19-20(24)22(21(29)30-19)13-5-3-2-4-6-13/h2-12H,1H3/b19-12+. The summed E-state index contributed by atoms with van der Waals surface area (Å²) in [6.45, 7) is 0. The van der Waals surface area contributed by atoms with Crippen LogP contribution in [0.4, 0.5) is 11.4 Å². The molecule has 0 aliphatic carbocycles. The molecule has 0 radical (unpaired) electrons. The summed E-state index contributed by atoms with van der Waals surface area (Å²) in [5.41, 5.74) is 1.07. The van der Waals surface area contributed by atoms with E-state index < -0.39 is 4.92 Å². The Hall–Kier alpha value is -3.43. The summed E-state index contributed by atoms with van der Waals surface area (Å²) in [6, 6.07) is 16.8. The van der Waals surface area contributed by atoms with Crippen LogP contribution in [0.3, 0.4) is 0 Å². The minimum absolute atomic E-state index is 0.0764. The van der Waals surface area contributed by atoms with Gasteiger partial charge in [-0.25, -0.2) is 0 Å². The molecule has 1 amide bonds. The largest absolute Gasteiger partial charge is 0.496 e. The second-order valence-corrected chi connectivity index (χ2v) is 7.87. The highest BCUT2D eigenvalue weighted by atomic mass is 32.2. The molecule has 1 aromatic heterocycles. The minimum atomic E-state index is -0.484. The summed E-state index contributed by atoms with van der Waals surface area (Å²) in [7, 11) is 1.48. The number of amides is 1. The van der Waals surface area contributed by atoms with E-state index in [2.05, 4.69) is 0 Å². The highest BCUT2D eigenvalue weighted by Gasteiger charge is 2.33. The Morgan fingerprint density at radius 1 is 1.17 bits per heavy atom. The van der Waals surface area contributed by atoms with Crippen LogP contribution in [-0.2, 0) is 4.79 Å². The second-order valence-electron chi connectivity index (χ2n) is 6.20. The van der Waals surface area contributed by atoms with Gasteiger partial charge in [0.05, 0.1) is 28.2 Å². The summed E-state index contributed by atoms with van der Waals surface area (Å²) in [5.74, 6) is 1.02. The molecular weight excluding hydrogens is 424 g/mol. The lowest BCUT2D eigenvalue weighted by molar-refractivity contribution is -0.384. The van der Waals surface area contributed by atoms with Crippen LogP contribution in [0.25, 0.3) is 17.4 Å². The fourth-order valence-electron chi connectivity index (χ4n) is 2.97. The lowest BCUT2D eigenvalue weighted by Gasteiger charge is -2.13. The third-order valence-electron chi connectivity index (χ3n) is 4.37. The molecule has 150 valence electrons. The molecule has 30 heavy (non-hydrogen) atoms. The number of thioether (sulfide) groups is 1. The minimum Gasteiger partial charge on any atom is -0.496 e. The number of rotatable bonds is 5. The molecule has 0 spiro atoms. The Bertz CT molecular complexity index is 1190. The van der Waals surface area contributed by atoms with Crippen molar-refractivity contribution in [3.8, 4) is 17.1 Å². The first kappa shape index (κ1) is 19.9. The third kappa shape index (κ3) is 3.72. The average molecular weight is 438 g/mol. The van der Waals surface area contributed by atoms with Crippen molar-refractivity contribution in [1.29, 1.82) is 0 Å². The van der Waals surface area contributed by atoms with Gasteiger partial charge in [0.1, 0.15) is 17.3 Å². The van der Waals surface area contributed by atoms with Crippen molar-refractivity contribution in [1.82, 2.24) is 0 Å². The van der Waals surface area contributed by atoms with Gasteiger partial charge in [0.25, 0.3) is 11.6 Å². The van der Waals surface area contributed by atoms with E-state index in [9.17, 15) is 14.9 Å². The molecule has 0 unspecified atom stereocenters. The van der Waals surface area contributed by atoms with Crippen LogP contribution in [-0.4, -0.2) is 22.3 Å². The zero-order valence-corrected chi connectivity index (χ0v) is 17.2. The van der Waals surface area contributed by atoms with Crippen LogP contribution in [0.5, 0.6) is 5.75 Å². The number of nitro groups is 1. The number of carbonyl (C=O) groups excluding carboxylic acids is 1. The predicted octanol–water partition coefficient (Wildman–Crippen LogP) is 5.27. The number of ether oxygens (including phenoxy) is 1. The molecular formula is C21H14N2O5S2. The van der Waals surface area contributed by atoms with Crippen molar-refractivity contribution in [2.75, 3.05) is 12.0 Å². The van der Waals surface area contributed by atoms with E-state index in [0.717, 1.165) is 0 Å². The van der Waals surface area contributed by atoms with E-state index in [-0.39, 0.29) is 11.6 Å². The summed E-state index contributed by atoms with van der Waals surface area (Å²) >= 11 is 6.55. The predicted molar refractivity (Wildman–Crippen MR) is 119 cm³/mol. The van der Waals surface area contributed by atoms with E-state index in [1.807, 2.05) is 30.3 Å². The van der Waals surface area contributed by atoms with Crippen molar-refractivity contribution < 1.29 is 18.9 Å². The van der Waals surface area contributed by atoms with Crippen LogP contribution >= 0.6 is 24.0 Å². The van der Waals surface area contributed by atoms with Crippen LogP contribution in [0, 0.1) is 10.1 Å². The molecule has 0 bridgehead atoms. The van der Waals surface area contributed by atoms with Crippen LogP contribution in [0.2, 0.25) is 0 Å². The van der Waals surface area contributed by atoms with Crippen molar-refractivity contribution in [2.45, 2.75) is 0 Å². The van der Waals surface area contributed by atoms with Gasteiger partial charge in [-0.15, -0.1) is 0 Å². The van der Waals surface area contributed by atoms with Crippen LogP contribution in [0.15, 0.2) is 70.0 Å². The Morgan fingerprint density at radius 3 is 2.63 bits per heavy atom. The highest BCUT2D eigenvalue weighted by molar-refractivity contribution is 8.27. The Morgan fingerprint density at radius 2 is 1.93 bits per heavy atom. The van der Waals surface area contributed by atoms with Gasteiger partial charge in [0.15, 0.2) is 4.32 Å². The summed E-state index contributed by atoms with van der Waals surface area (Å²) in [5, 5.41) is 11.1. The van der Waals surface area contributed by atoms with E-state index in [1.54, 1.807) is 18.2 Å². The quantitative estimate of drug-likeness (QED) is 0.232. The normalized spacial score (nSPS) is 15.1. The molecule has 1 aliphatic heterocycles. The van der Waals surface area contributed by atoms with Gasteiger partial charge < -0.3 is 9.15 Å². The first-order chi connectivity index (χ1) is 14.5. The second kappa shape index (κ2) is 8.13.